The number of carboxylic acid groups (broad SMARTS) is 1. The Hall–Kier alpha value is -2.09. The lowest BCUT2D eigenvalue weighted by Crippen LogP contribution is -2.34. The van der Waals surface area contributed by atoms with Crippen LogP contribution in [0.15, 0.2) is 42.0 Å². The third kappa shape index (κ3) is 3.56. The summed E-state index contributed by atoms with van der Waals surface area (Å²) in [4.78, 5) is 10.7. The minimum atomic E-state index is -0.900. The Morgan fingerprint density at radius 1 is 1.04 bits per heavy atom. The Morgan fingerprint density at radius 3 is 2.27 bits per heavy atom. The zero-order valence-corrected chi connectivity index (χ0v) is 16.6. The molecule has 1 N–H and O–H groups in total. The van der Waals surface area contributed by atoms with Crippen LogP contribution in [0.25, 0.3) is 5.57 Å². The lowest BCUT2D eigenvalue weighted by molar-refractivity contribution is -0.131. The van der Waals surface area contributed by atoms with E-state index in [1.54, 1.807) is 0 Å². The van der Waals surface area contributed by atoms with Gasteiger partial charge in [0.2, 0.25) is 0 Å². The Kier molecular flexibility index (Phi) is 4.72. The van der Waals surface area contributed by atoms with Crippen molar-refractivity contribution in [1.82, 2.24) is 0 Å². The molecule has 1 aromatic carbocycles. The maximum Gasteiger partial charge on any atom is 0.328 e. The molecular formula is C24H30O2. The summed E-state index contributed by atoms with van der Waals surface area (Å²) in [5.41, 5.74) is 8.49. The topological polar surface area (TPSA) is 37.3 Å². The summed E-state index contributed by atoms with van der Waals surface area (Å²) in [7, 11) is 0. The first-order valence-electron chi connectivity index (χ1n) is 9.57. The highest BCUT2D eigenvalue weighted by Crippen LogP contribution is 2.48. The van der Waals surface area contributed by atoms with Gasteiger partial charge in [-0.05, 0) is 76.8 Å². The summed E-state index contributed by atoms with van der Waals surface area (Å²) in [5, 5.41) is 8.80. The molecule has 0 aliphatic heterocycles. The monoisotopic (exact) mass is 350 g/mol. The van der Waals surface area contributed by atoms with E-state index in [0.29, 0.717) is 0 Å². The zero-order valence-electron chi connectivity index (χ0n) is 16.6. The Morgan fingerprint density at radius 2 is 1.65 bits per heavy atom. The molecule has 3 rings (SSSR count). The first kappa shape index (κ1) is 18.7. The summed E-state index contributed by atoms with van der Waals surface area (Å²) < 4.78 is 0. The molecule has 1 aromatic rings. The molecule has 0 aromatic heterocycles. The summed E-state index contributed by atoms with van der Waals surface area (Å²) in [6, 6.07) is 4.91. The van der Waals surface area contributed by atoms with Gasteiger partial charge >= 0.3 is 5.97 Å². The first-order chi connectivity index (χ1) is 12.1. The van der Waals surface area contributed by atoms with Crippen LogP contribution in [0.1, 0.15) is 76.1 Å². The standard InChI is InChI=1S/C24H30O2/c1-16(13-22(25)26)7-6-8-17-9-10-18-14-20-21(15-19(17)18)24(4,5)12-11-23(20,2)3/h6-8,13-15H,9-12H2,1-5H3,(H,25,26)/b7-6+,16-13+,17-8+. The van der Waals surface area contributed by atoms with E-state index in [9.17, 15) is 4.79 Å². The average Bonchev–Trinajstić information content (AvgIpc) is 2.93. The van der Waals surface area contributed by atoms with E-state index in [2.05, 4.69) is 45.9 Å². The van der Waals surface area contributed by atoms with Crippen LogP contribution in [0.5, 0.6) is 0 Å². The van der Waals surface area contributed by atoms with Crippen molar-refractivity contribution in [2.75, 3.05) is 0 Å². The molecule has 2 aliphatic carbocycles. The van der Waals surface area contributed by atoms with Crippen LogP contribution in [0, 0.1) is 0 Å². The van der Waals surface area contributed by atoms with Gasteiger partial charge in [0.1, 0.15) is 0 Å². The SMILES string of the molecule is CC(/C=C/C=C1\CCc2cc3c(cc21)C(C)(C)CCC3(C)C)=C\C(=O)O. The number of rotatable bonds is 3. The van der Waals surface area contributed by atoms with Gasteiger partial charge in [-0.25, -0.2) is 4.79 Å². The number of carbonyl (C=O) groups is 1. The Bertz CT molecular complexity index is 832. The van der Waals surface area contributed by atoms with Crippen molar-refractivity contribution in [2.24, 2.45) is 0 Å². The van der Waals surface area contributed by atoms with Gasteiger partial charge in [-0.2, -0.15) is 0 Å². The highest BCUT2D eigenvalue weighted by atomic mass is 16.4. The van der Waals surface area contributed by atoms with Crippen molar-refractivity contribution in [3.63, 3.8) is 0 Å². The lowest BCUT2D eigenvalue weighted by atomic mass is 9.62. The molecule has 0 saturated heterocycles. The molecule has 0 saturated carbocycles. The first-order valence-corrected chi connectivity index (χ1v) is 9.57. The van der Waals surface area contributed by atoms with Gasteiger partial charge in [0.15, 0.2) is 0 Å². The average molecular weight is 351 g/mol. The second kappa shape index (κ2) is 6.57. The fraction of sp³-hybridized carbons (Fsp3) is 0.458. The molecular weight excluding hydrogens is 320 g/mol. The molecule has 138 valence electrons. The Balaban J connectivity index is 1.98. The van der Waals surface area contributed by atoms with Crippen LogP contribution in [0.2, 0.25) is 0 Å². The molecule has 0 atom stereocenters. The number of hydrogen-bond donors (Lipinski definition) is 1. The van der Waals surface area contributed by atoms with Crippen molar-refractivity contribution < 1.29 is 9.90 Å². The van der Waals surface area contributed by atoms with Gasteiger partial charge in [-0.1, -0.05) is 58.1 Å². The van der Waals surface area contributed by atoms with Crippen LogP contribution in [-0.4, -0.2) is 11.1 Å². The summed E-state index contributed by atoms with van der Waals surface area (Å²) in [6.45, 7) is 11.3. The van der Waals surface area contributed by atoms with Crippen molar-refractivity contribution >= 4 is 11.5 Å². The zero-order chi connectivity index (χ0) is 19.1. The van der Waals surface area contributed by atoms with E-state index in [1.807, 2.05) is 19.1 Å². The summed E-state index contributed by atoms with van der Waals surface area (Å²) in [5.74, 6) is -0.900. The largest absolute Gasteiger partial charge is 0.478 e. The fourth-order valence-electron chi connectivity index (χ4n) is 4.30. The molecule has 0 spiro atoms. The van der Waals surface area contributed by atoms with E-state index in [4.69, 9.17) is 5.11 Å². The van der Waals surface area contributed by atoms with Crippen LogP contribution in [-0.2, 0) is 22.0 Å². The van der Waals surface area contributed by atoms with Crippen LogP contribution in [0.3, 0.4) is 0 Å². The maximum absolute atomic E-state index is 10.7. The highest BCUT2D eigenvalue weighted by Gasteiger charge is 2.38. The van der Waals surface area contributed by atoms with Gasteiger partial charge in [0, 0.05) is 6.08 Å². The molecule has 0 radical (unpaired) electrons. The molecule has 26 heavy (non-hydrogen) atoms. The maximum atomic E-state index is 10.7. The molecule has 2 aliphatic rings. The summed E-state index contributed by atoms with van der Waals surface area (Å²) in [6.07, 6.45) is 11.9. The van der Waals surface area contributed by atoms with Crippen molar-refractivity contribution in [3.05, 3.63) is 64.3 Å². The van der Waals surface area contributed by atoms with Gasteiger partial charge in [0.05, 0.1) is 0 Å². The smallest absolute Gasteiger partial charge is 0.328 e. The number of allylic oxidation sites excluding steroid dienone is 5. The number of benzene rings is 1. The quantitative estimate of drug-likeness (QED) is 0.540. The van der Waals surface area contributed by atoms with Gasteiger partial charge < -0.3 is 5.11 Å². The van der Waals surface area contributed by atoms with E-state index >= 15 is 0 Å². The minimum absolute atomic E-state index is 0.226. The molecule has 0 amide bonds. The number of aryl methyl sites for hydroxylation is 1. The van der Waals surface area contributed by atoms with Gasteiger partial charge in [0.25, 0.3) is 0 Å². The third-order valence-electron chi connectivity index (χ3n) is 6.09. The van der Waals surface area contributed by atoms with E-state index < -0.39 is 5.97 Å². The molecule has 0 unspecified atom stereocenters. The molecule has 2 nitrogen and oxygen atoms in total. The molecule has 2 heteroatoms. The van der Waals surface area contributed by atoms with Crippen molar-refractivity contribution in [3.8, 4) is 0 Å². The van der Waals surface area contributed by atoms with E-state index in [0.717, 1.165) is 18.4 Å². The van der Waals surface area contributed by atoms with Gasteiger partial charge in [-0.3, -0.25) is 0 Å². The van der Waals surface area contributed by atoms with Crippen LogP contribution < -0.4 is 0 Å². The Labute approximate surface area is 157 Å². The van der Waals surface area contributed by atoms with Gasteiger partial charge in [-0.15, -0.1) is 0 Å². The predicted octanol–water partition coefficient (Wildman–Crippen LogP) is 5.95. The van der Waals surface area contributed by atoms with E-state index in [-0.39, 0.29) is 10.8 Å². The number of hydrogen-bond acceptors (Lipinski definition) is 1. The normalized spacial score (nSPS) is 22.5. The van der Waals surface area contributed by atoms with E-state index in [1.165, 1.54) is 46.7 Å². The predicted molar refractivity (Wildman–Crippen MR) is 109 cm³/mol. The van der Waals surface area contributed by atoms with Crippen LogP contribution >= 0.6 is 0 Å². The lowest BCUT2D eigenvalue weighted by Gasteiger charge is -2.42. The highest BCUT2D eigenvalue weighted by molar-refractivity contribution is 5.81. The number of carboxylic acids is 1. The second-order valence-electron chi connectivity index (χ2n) is 9.10. The molecule has 0 heterocycles. The van der Waals surface area contributed by atoms with Crippen LogP contribution in [0.4, 0.5) is 0 Å². The minimum Gasteiger partial charge on any atom is -0.478 e. The fourth-order valence-corrected chi connectivity index (χ4v) is 4.30. The van der Waals surface area contributed by atoms with Crippen molar-refractivity contribution in [2.45, 2.75) is 71.1 Å². The third-order valence-corrected chi connectivity index (χ3v) is 6.09. The molecule has 0 fully saturated rings. The molecule has 0 bridgehead atoms. The number of fused-ring (bicyclic) bond motifs is 2. The number of aliphatic carboxylic acids is 1. The van der Waals surface area contributed by atoms with Crippen molar-refractivity contribution in [1.29, 1.82) is 0 Å². The summed E-state index contributed by atoms with van der Waals surface area (Å²) >= 11 is 0. The second-order valence-corrected chi connectivity index (χ2v) is 9.10.